The van der Waals surface area contributed by atoms with Crippen LogP contribution in [0.5, 0.6) is 0 Å². The summed E-state index contributed by atoms with van der Waals surface area (Å²) in [6.45, 7) is 12.1. The van der Waals surface area contributed by atoms with Gasteiger partial charge in [0.25, 0.3) is 0 Å². The van der Waals surface area contributed by atoms with Gasteiger partial charge in [0.15, 0.2) is 0 Å². The van der Waals surface area contributed by atoms with E-state index in [-0.39, 0.29) is 0 Å². The second-order valence-electron chi connectivity index (χ2n) is 7.24. The second kappa shape index (κ2) is 10.4. The van der Waals surface area contributed by atoms with Gasteiger partial charge >= 0.3 is 0 Å². The van der Waals surface area contributed by atoms with Crippen molar-refractivity contribution in [2.24, 2.45) is 10.9 Å². The summed E-state index contributed by atoms with van der Waals surface area (Å²) in [5.41, 5.74) is 5.32. The van der Waals surface area contributed by atoms with Crippen molar-refractivity contribution in [1.29, 1.82) is 0 Å². The van der Waals surface area contributed by atoms with Crippen LogP contribution in [-0.2, 0) is 6.42 Å². The van der Waals surface area contributed by atoms with E-state index in [9.17, 15) is 0 Å². The number of hydrogen-bond donors (Lipinski definition) is 0. The van der Waals surface area contributed by atoms with Crippen molar-refractivity contribution in [3.05, 3.63) is 58.8 Å². The molecule has 1 heterocycles. The minimum absolute atomic E-state index is 0.761. The largest absolute Gasteiger partial charge is 0.299 e. The second-order valence-corrected chi connectivity index (χ2v) is 7.24. The number of rotatable bonds is 9. The normalized spacial score (nSPS) is 15.7. The van der Waals surface area contributed by atoms with Crippen molar-refractivity contribution in [1.82, 2.24) is 4.90 Å². The van der Waals surface area contributed by atoms with Gasteiger partial charge in [-0.3, -0.25) is 9.89 Å². The van der Waals surface area contributed by atoms with E-state index in [1.54, 1.807) is 0 Å². The minimum Gasteiger partial charge on any atom is -0.299 e. The summed E-state index contributed by atoms with van der Waals surface area (Å²) in [6, 6.07) is 8.98. The summed E-state index contributed by atoms with van der Waals surface area (Å²) in [5.74, 6) is 0.761. The molecule has 0 fully saturated rings. The van der Waals surface area contributed by atoms with Crippen LogP contribution in [0.15, 0.2) is 52.7 Å². The summed E-state index contributed by atoms with van der Waals surface area (Å²) in [4.78, 5) is 7.06. The lowest BCUT2D eigenvalue weighted by atomic mass is 9.93. The highest BCUT2D eigenvalue weighted by Gasteiger charge is 2.12. The van der Waals surface area contributed by atoms with Crippen LogP contribution in [-0.4, -0.2) is 30.7 Å². The van der Waals surface area contributed by atoms with Gasteiger partial charge in [0, 0.05) is 18.5 Å². The molecule has 0 amide bonds. The van der Waals surface area contributed by atoms with Crippen LogP contribution < -0.4 is 0 Å². The van der Waals surface area contributed by atoms with E-state index in [1.165, 1.54) is 42.5 Å². The smallest absolute Gasteiger partial charge is 0.0336 e. The first kappa shape index (κ1) is 19.7. The van der Waals surface area contributed by atoms with E-state index in [1.807, 2.05) is 6.21 Å². The summed E-state index contributed by atoms with van der Waals surface area (Å²) < 4.78 is 0. The van der Waals surface area contributed by atoms with Crippen molar-refractivity contribution in [2.75, 3.05) is 19.6 Å². The average Bonchev–Trinajstić information content (AvgIpc) is 2.81. The third kappa shape index (κ3) is 6.99. The van der Waals surface area contributed by atoms with Crippen molar-refractivity contribution in [2.45, 2.75) is 53.4 Å². The maximum Gasteiger partial charge on any atom is 0.0336 e. The fraction of sp³-hybridized carbons (Fsp3) is 0.522. The molecule has 0 aromatic heterocycles. The predicted molar refractivity (Wildman–Crippen MR) is 110 cm³/mol. The fourth-order valence-corrected chi connectivity index (χ4v) is 3.37. The molecule has 1 aromatic carbocycles. The molecule has 0 radical (unpaired) electrons. The monoisotopic (exact) mass is 338 g/mol. The molecule has 136 valence electrons. The van der Waals surface area contributed by atoms with Crippen LogP contribution in [0.1, 0.15) is 51.2 Å². The quantitative estimate of drug-likeness (QED) is 0.574. The standard InChI is InChI=1S/C23H34N2/c1-5-21(16-22-11-7-9-19(3)15-22)13-14-25(6-2)18-23-12-8-10-20(4)24-17-23/h7,9-12,15,17,21H,5-6,8,13-14,16,18H2,1-4H3. The number of nitrogens with zero attached hydrogens (tertiary/aromatic N) is 2. The first-order chi connectivity index (χ1) is 12.1. The van der Waals surface area contributed by atoms with E-state index in [0.717, 1.165) is 31.1 Å². The zero-order chi connectivity index (χ0) is 18.1. The van der Waals surface area contributed by atoms with Gasteiger partial charge in [-0.05, 0) is 63.3 Å². The fourth-order valence-electron chi connectivity index (χ4n) is 3.37. The average molecular weight is 339 g/mol. The minimum atomic E-state index is 0.761. The Labute approximate surface area is 154 Å². The maximum absolute atomic E-state index is 4.51. The lowest BCUT2D eigenvalue weighted by Gasteiger charge is -2.24. The molecule has 1 aliphatic rings. The van der Waals surface area contributed by atoms with Gasteiger partial charge in [0.2, 0.25) is 0 Å². The Balaban J connectivity index is 1.85. The van der Waals surface area contributed by atoms with Crippen molar-refractivity contribution in [3.63, 3.8) is 0 Å². The van der Waals surface area contributed by atoms with Crippen molar-refractivity contribution < 1.29 is 0 Å². The molecule has 1 atom stereocenters. The van der Waals surface area contributed by atoms with Crippen LogP contribution in [0.3, 0.4) is 0 Å². The van der Waals surface area contributed by atoms with Gasteiger partial charge in [0.1, 0.15) is 0 Å². The molecular weight excluding hydrogens is 304 g/mol. The zero-order valence-electron chi connectivity index (χ0n) is 16.5. The highest BCUT2D eigenvalue weighted by atomic mass is 15.1. The van der Waals surface area contributed by atoms with Gasteiger partial charge < -0.3 is 0 Å². The molecular formula is C23H34N2. The number of allylic oxidation sites excluding steroid dienone is 3. The Bertz CT molecular complexity index is 625. The lowest BCUT2D eigenvalue weighted by molar-refractivity contribution is 0.281. The Morgan fingerprint density at radius 1 is 1.16 bits per heavy atom. The van der Waals surface area contributed by atoms with E-state index in [4.69, 9.17) is 0 Å². The highest BCUT2D eigenvalue weighted by Crippen LogP contribution is 2.18. The number of aryl methyl sites for hydroxylation is 1. The maximum atomic E-state index is 4.51. The van der Waals surface area contributed by atoms with E-state index >= 15 is 0 Å². The van der Waals surface area contributed by atoms with Crippen molar-refractivity contribution >= 4 is 6.21 Å². The van der Waals surface area contributed by atoms with E-state index < -0.39 is 0 Å². The van der Waals surface area contributed by atoms with Crippen molar-refractivity contribution in [3.8, 4) is 0 Å². The third-order valence-electron chi connectivity index (χ3n) is 5.12. The molecule has 1 aliphatic heterocycles. The topological polar surface area (TPSA) is 15.6 Å². The molecule has 0 bridgehead atoms. The van der Waals surface area contributed by atoms with Crippen LogP contribution >= 0.6 is 0 Å². The third-order valence-corrected chi connectivity index (χ3v) is 5.12. The highest BCUT2D eigenvalue weighted by molar-refractivity contribution is 5.80. The molecule has 1 unspecified atom stereocenters. The molecule has 0 spiro atoms. The Kier molecular flexibility index (Phi) is 8.14. The van der Waals surface area contributed by atoms with Gasteiger partial charge in [-0.1, -0.05) is 62.2 Å². The Morgan fingerprint density at radius 3 is 2.72 bits per heavy atom. The van der Waals surface area contributed by atoms with Gasteiger partial charge in [-0.15, -0.1) is 0 Å². The predicted octanol–water partition coefficient (Wildman–Crippen LogP) is 5.58. The van der Waals surface area contributed by atoms with E-state index in [2.05, 4.69) is 74.0 Å². The van der Waals surface area contributed by atoms with Gasteiger partial charge in [-0.25, -0.2) is 0 Å². The molecule has 0 saturated carbocycles. The molecule has 2 nitrogen and oxygen atoms in total. The summed E-state index contributed by atoms with van der Waals surface area (Å²) in [6.07, 6.45) is 11.3. The van der Waals surface area contributed by atoms with Gasteiger partial charge in [0.05, 0.1) is 0 Å². The summed E-state index contributed by atoms with van der Waals surface area (Å²) in [7, 11) is 0. The molecule has 1 aromatic rings. The van der Waals surface area contributed by atoms with Crippen LogP contribution in [0.4, 0.5) is 0 Å². The van der Waals surface area contributed by atoms with Crippen LogP contribution in [0, 0.1) is 12.8 Å². The number of hydrogen-bond acceptors (Lipinski definition) is 2. The Morgan fingerprint density at radius 2 is 2.00 bits per heavy atom. The zero-order valence-corrected chi connectivity index (χ0v) is 16.5. The summed E-state index contributed by atoms with van der Waals surface area (Å²) in [5, 5.41) is 0. The molecule has 0 aliphatic carbocycles. The Hall–Kier alpha value is -1.67. The van der Waals surface area contributed by atoms with Gasteiger partial charge in [-0.2, -0.15) is 0 Å². The molecule has 25 heavy (non-hydrogen) atoms. The lowest BCUT2D eigenvalue weighted by Crippen LogP contribution is -2.29. The first-order valence-corrected chi connectivity index (χ1v) is 9.78. The van der Waals surface area contributed by atoms with Crippen LogP contribution in [0.2, 0.25) is 0 Å². The molecule has 2 rings (SSSR count). The number of aliphatic imine (C=N–C) groups is 1. The van der Waals surface area contributed by atoms with E-state index in [0.29, 0.717) is 0 Å². The molecule has 2 heteroatoms. The van der Waals surface area contributed by atoms with Crippen LogP contribution in [0.25, 0.3) is 0 Å². The molecule has 0 saturated heterocycles. The SMILES string of the molecule is CCC(CCN(CC)CC1=CCC=C(C)N=C1)Cc1cccc(C)c1. The number of benzene rings is 1. The summed E-state index contributed by atoms with van der Waals surface area (Å²) >= 11 is 0. The number of likely N-dealkylation sites (N-methyl/N-ethyl adjacent to an activating group) is 1. The first-order valence-electron chi connectivity index (χ1n) is 9.78. The molecule has 0 N–H and O–H groups in total.